The molecule has 156 valence electrons. The van der Waals surface area contributed by atoms with Gasteiger partial charge >= 0.3 is 0 Å². The molecule has 0 fully saturated rings. The van der Waals surface area contributed by atoms with Crippen molar-refractivity contribution in [3.63, 3.8) is 0 Å². The Balaban J connectivity index is 1.65. The number of hydrogen-bond donors (Lipinski definition) is 0. The van der Waals surface area contributed by atoms with Crippen LogP contribution in [-0.4, -0.2) is 36.0 Å². The summed E-state index contributed by atoms with van der Waals surface area (Å²) < 4.78 is 12.4. The van der Waals surface area contributed by atoms with Gasteiger partial charge in [-0.1, -0.05) is 54.1 Å². The van der Waals surface area contributed by atoms with E-state index >= 15 is 0 Å². The van der Waals surface area contributed by atoms with Gasteiger partial charge in [0.2, 0.25) is 0 Å². The SMILES string of the molecule is COc1ccc(C2=C(C)Cc3c(C4=CCOCC4)c(-c4ccccc4)nn3C2=O)cc1. The van der Waals surface area contributed by atoms with Crippen molar-refractivity contribution in [2.24, 2.45) is 0 Å². The summed E-state index contributed by atoms with van der Waals surface area (Å²) in [7, 11) is 1.64. The molecule has 0 unspecified atom stereocenters. The third kappa shape index (κ3) is 3.41. The minimum absolute atomic E-state index is 0.0833. The zero-order valence-electron chi connectivity index (χ0n) is 17.7. The fourth-order valence-electron chi connectivity index (χ4n) is 4.43. The molecule has 5 rings (SSSR count). The summed E-state index contributed by atoms with van der Waals surface area (Å²) in [4.78, 5) is 13.6. The Kier molecular flexibility index (Phi) is 5.04. The van der Waals surface area contributed by atoms with Gasteiger partial charge in [-0.05, 0) is 36.6 Å². The summed E-state index contributed by atoms with van der Waals surface area (Å²) in [6.45, 7) is 3.32. The first-order chi connectivity index (χ1) is 15.2. The Bertz CT molecular complexity index is 1200. The molecular formula is C26H24N2O3. The normalized spacial score (nSPS) is 16.2. The van der Waals surface area contributed by atoms with Gasteiger partial charge < -0.3 is 9.47 Å². The number of benzene rings is 2. The highest BCUT2D eigenvalue weighted by molar-refractivity contribution is 6.22. The van der Waals surface area contributed by atoms with Gasteiger partial charge in [-0.25, -0.2) is 0 Å². The van der Waals surface area contributed by atoms with E-state index in [0.29, 0.717) is 25.2 Å². The van der Waals surface area contributed by atoms with Crippen LogP contribution in [0.4, 0.5) is 0 Å². The molecule has 1 aromatic heterocycles. The van der Waals surface area contributed by atoms with Crippen molar-refractivity contribution < 1.29 is 14.3 Å². The van der Waals surface area contributed by atoms with Crippen LogP contribution in [0.1, 0.15) is 35.0 Å². The van der Waals surface area contributed by atoms with Gasteiger partial charge in [0, 0.05) is 23.1 Å². The summed E-state index contributed by atoms with van der Waals surface area (Å²) in [5.41, 5.74) is 7.78. The minimum atomic E-state index is -0.0833. The third-order valence-corrected chi connectivity index (χ3v) is 5.96. The summed E-state index contributed by atoms with van der Waals surface area (Å²) in [5.74, 6) is 0.685. The topological polar surface area (TPSA) is 53.4 Å². The van der Waals surface area contributed by atoms with Crippen molar-refractivity contribution in [3.05, 3.63) is 83.1 Å². The van der Waals surface area contributed by atoms with Gasteiger partial charge in [-0.3, -0.25) is 4.79 Å². The first kappa shape index (κ1) is 19.5. The summed E-state index contributed by atoms with van der Waals surface area (Å²) >= 11 is 0. The molecule has 0 bridgehead atoms. The van der Waals surface area contributed by atoms with Crippen molar-refractivity contribution in [2.75, 3.05) is 20.3 Å². The number of carbonyl (C=O) groups is 1. The smallest absolute Gasteiger partial charge is 0.279 e. The second-order valence-electron chi connectivity index (χ2n) is 7.87. The number of carbonyl (C=O) groups excluding carboxylic acids is 1. The van der Waals surface area contributed by atoms with E-state index in [9.17, 15) is 4.79 Å². The molecule has 3 heterocycles. The quantitative estimate of drug-likeness (QED) is 0.603. The second-order valence-corrected chi connectivity index (χ2v) is 7.87. The summed E-state index contributed by atoms with van der Waals surface area (Å²) in [6, 6.07) is 17.7. The van der Waals surface area contributed by atoms with Crippen LogP contribution in [0.3, 0.4) is 0 Å². The molecule has 5 heteroatoms. The van der Waals surface area contributed by atoms with Crippen LogP contribution < -0.4 is 4.74 Å². The van der Waals surface area contributed by atoms with Gasteiger partial charge in [0.15, 0.2) is 0 Å². The average Bonchev–Trinajstić information content (AvgIpc) is 3.20. The predicted octanol–water partition coefficient (Wildman–Crippen LogP) is 5.03. The Labute approximate surface area is 181 Å². The Hall–Kier alpha value is -3.44. The fourth-order valence-corrected chi connectivity index (χ4v) is 4.43. The van der Waals surface area contributed by atoms with Crippen LogP contribution in [0.25, 0.3) is 22.4 Å². The predicted molar refractivity (Wildman–Crippen MR) is 121 cm³/mol. The minimum Gasteiger partial charge on any atom is -0.497 e. The average molecular weight is 412 g/mol. The highest BCUT2D eigenvalue weighted by Crippen LogP contribution is 2.39. The van der Waals surface area contributed by atoms with Gasteiger partial charge in [-0.15, -0.1) is 0 Å². The van der Waals surface area contributed by atoms with E-state index in [4.69, 9.17) is 14.6 Å². The zero-order valence-corrected chi connectivity index (χ0v) is 17.7. The number of allylic oxidation sites excluding steroid dienone is 2. The highest BCUT2D eigenvalue weighted by atomic mass is 16.5. The molecule has 5 nitrogen and oxygen atoms in total. The molecule has 0 amide bonds. The van der Waals surface area contributed by atoms with Crippen molar-refractivity contribution in [1.82, 2.24) is 9.78 Å². The molecular weight excluding hydrogens is 388 g/mol. The molecule has 0 saturated carbocycles. The van der Waals surface area contributed by atoms with E-state index in [0.717, 1.165) is 45.8 Å². The lowest BCUT2D eigenvalue weighted by atomic mass is 9.89. The number of nitrogens with zero attached hydrogens (tertiary/aromatic N) is 2. The lowest BCUT2D eigenvalue weighted by Gasteiger charge is -2.21. The molecule has 0 radical (unpaired) electrons. The van der Waals surface area contributed by atoms with E-state index in [1.807, 2.05) is 61.5 Å². The standard InChI is InChI=1S/C26H24N2O3/c1-17-16-22-24(19-12-14-31-15-13-19)25(20-6-4-3-5-7-20)27-28(22)26(29)23(17)18-8-10-21(30-2)11-9-18/h3-12H,13-16H2,1-2H3. The molecule has 0 atom stereocenters. The lowest BCUT2D eigenvalue weighted by molar-refractivity contribution is 0.0958. The van der Waals surface area contributed by atoms with Crippen molar-refractivity contribution in [1.29, 1.82) is 0 Å². The first-order valence-corrected chi connectivity index (χ1v) is 10.5. The second kappa shape index (κ2) is 8.00. The van der Waals surface area contributed by atoms with Crippen LogP contribution in [-0.2, 0) is 11.2 Å². The Morgan fingerprint density at radius 2 is 1.81 bits per heavy atom. The summed E-state index contributed by atoms with van der Waals surface area (Å²) in [6.07, 6.45) is 3.62. The summed E-state index contributed by atoms with van der Waals surface area (Å²) in [5, 5.41) is 4.85. The molecule has 2 aliphatic rings. The molecule has 0 aliphatic carbocycles. The molecule has 2 aromatic carbocycles. The van der Waals surface area contributed by atoms with E-state index in [1.165, 1.54) is 5.57 Å². The molecule has 0 saturated heterocycles. The van der Waals surface area contributed by atoms with E-state index < -0.39 is 0 Å². The number of rotatable bonds is 4. The lowest BCUT2D eigenvalue weighted by Crippen LogP contribution is -2.23. The van der Waals surface area contributed by atoms with Gasteiger partial charge in [0.25, 0.3) is 5.91 Å². The van der Waals surface area contributed by atoms with Crippen molar-refractivity contribution >= 4 is 17.1 Å². The Morgan fingerprint density at radius 3 is 2.48 bits per heavy atom. The number of hydrogen-bond acceptors (Lipinski definition) is 4. The highest BCUT2D eigenvalue weighted by Gasteiger charge is 2.32. The largest absolute Gasteiger partial charge is 0.497 e. The third-order valence-electron chi connectivity index (χ3n) is 5.96. The van der Waals surface area contributed by atoms with Crippen LogP contribution in [0.5, 0.6) is 5.75 Å². The van der Waals surface area contributed by atoms with Gasteiger partial charge in [0.1, 0.15) is 11.4 Å². The fraction of sp³-hybridized carbons (Fsp3) is 0.231. The van der Waals surface area contributed by atoms with E-state index in [1.54, 1.807) is 11.8 Å². The maximum absolute atomic E-state index is 13.6. The van der Waals surface area contributed by atoms with Crippen LogP contribution in [0.2, 0.25) is 0 Å². The van der Waals surface area contributed by atoms with Gasteiger partial charge in [0.05, 0.1) is 26.0 Å². The number of aromatic nitrogens is 2. The van der Waals surface area contributed by atoms with Crippen molar-refractivity contribution in [3.8, 4) is 17.0 Å². The zero-order chi connectivity index (χ0) is 21.4. The van der Waals surface area contributed by atoms with Crippen LogP contribution in [0.15, 0.2) is 66.2 Å². The van der Waals surface area contributed by atoms with Crippen LogP contribution >= 0.6 is 0 Å². The number of methoxy groups -OCH3 is 1. The molecule has 2 aliphatic heterocycles. The van der Waals surface area contributed by atoms with Crippen LogP contribution in [0, 0.1) is 0 Å². The monoisotopic (exact) mass is 412 g/mol. The molecule has 31 heavy (non-hydrogen) atoms. The van der Waals surface area contributed by atoms with Gasteiger partial charge in [-0.2, -0.15) is 9.78 Å². The molecule has 0 N–H and O–H groups in total. The van der Waals surface area contributed by atoms with E-state index in [2.05, 4.69) is 6.08 Å². The maximum Gasteiger partial charge on any atom is 0.279 e. The maximum atomic E-state index is 13.6. The molecule has 3 aromatic rings. The number of fused-ring (bicyclic) bond motifs is 1. The van der Waals surface area contributed by atoms with Crippen molar-refractivity contribution in [2.45, 2.75) is 19.8 Å². The first-order valence-electron chi connectivity index (χ1n) is 10.5. The Morgan fingerprint density at radius 1 is 1.03 bits per heavy atom. The number of ether oxygens (including phenoxy) is 2. The molecule has 0 spiro atoms. The van der Waals surface area contributed by atoms with E-state index in [-0.39, 0.29) is 5.91 Å².